The molecule has 2 aromatic rings. The zero-order valence-corrected chi connectivity index (χ0v) is 13.3. The molecule has 0 aliphatic rings. The van der Waals surface area contributed by atoms with E-state index in [9.17, 15) is 8.42 Å². The first-order valence-corrected chi connectivity index (χ1v) is 8.39. The van der Waals surface area contributed by atoms with E-state index in [1.54, 1.807) is 28.9 Å². The molecule has 0 bridgehead atoms. The van der Waals surface area contributed by atoms with Crippen LogP contribution in [0.15, 0.2) is 29.2 Å². The van der Waals surface area contributed by atoms with Gasteiger partial charge in [0.1, 0.15) is 0 Å². The van der Waals surface area contributed by atoms with Crippen molar-refractivity contribution in [2.75, 3.05) is 6.26 Å². The van der Waals surface area contributed by atoms with Crippen molar-refractivity contribution in [3.05, 3.63) is 30.1 Å². The van der Waals surface area contributed by atoms with Crippen LogP contribution in [0.1, 0.15) is 26.6 Å². The predicted octanol–water partition coefficient (Wildman–Crippen LogP) is 0.954. The monoisotopic (exact) mass is 309 g/mol. The first-order valence-electron chi connectivity index (χ1n) is 6.50. The van der Waals surface area contributed by atoms with E-state index in [0.717, 1.165) is 5.69 Å². The Morgan fingerprint density at radius 1 is 1.19 bits per heavy atom. The molecular formula is C13H19N5O2S. The average Bonchev–Trinajstić information content (AvgIpc) is 2.83. The largest absolute Gasteiger partial charge is 0.305 e. The summed E-state index contributed by atoms with van der Waals surface area (Å²) in [7, 11) is -3.20. The lowest BCUT2D eigenvalue weighted by molar-refractivity contribution is 0.415. The van der Waals surface area contributed by atoms with Crippen LogP contribution in [-0.2, 0) is 16.4 Å². The van der Waals surface area contributed by atoms with Gasteiger partial charge in [-0.15, -0.1) is 5.10 Å². The lowest BCUT2D eigenvalue weighted by Crippen LogP contribution is -2.35. The van der Waals surface area contributed by atoms with E-state index in [4.69, 9.17) is 0 Å². The molecule has 0 saturated carbocycles. The number of sulfone groups is 1. The van der Waals surface area contributed by atoms with Crippen molar-refractivity contribution < 1.29 is 8.42 Å². The van der Waals surface area contributed by atoms with Gasteiger partial charge in [0.05, 0.1) is 17.1 Å². The maximum Gasteiger partial charge on any atom is 0.175 e. The number of nitrogens with one attached hydrogen (secondary N) is 1. The molecule has 2 rings (SSSR count). The summed E-state index contributed by atoms with van der Waals surface area (Å²) in [5.41, 5.74) is 0.676. The molecule has 1 heterocycles. The zero-order valence-electron chi connectivity index (χ0n) is 12.5. The first kappa shape index (κ1) is 15.6. The van der Waals surface area contributed by atoms with Gasteiger partial charge in [0, 0.05) is 11.8 Å². The fraction of sp³-hybridized carbons (Fsp3) is 0.462. The Hall–Kier alpha value is -1.80. The molecule has 0 saturated heterocycles. The highest BCUT2D eigenvalue weighted by Crippen LogP contribution is 2.14. The summed E-state index contributed by atoms with van der Waals surface area (Å²) in [6.07, 6.45) is 1.18. The van der Waals surface area contributed by atoms with E-state index in [1.807, 2.05) is 0 Å². The maximum absolute atomic E-state index is 11.5. The Balaban J connectivity index is 2.25. The highest BCUT2D eigenvalue weighted by molar-refractivity contribution is 7.90. The minimum atomic E-state index is -3.20. The van der Waals surface area contributed by atoms with Crippen molar-refractivity contribution in [2.45, 2.75) is 37.8 Å². The van der Waals surface area contributed by atoms with Gasteiger partial charge in [0.2, 0.25) is 0 Å². The van der Waals surface area contributed by atoms with Gasteiger partial charge < -0.3 is 5.32 Å². The molecule has 0 radical (unpaired) electrons. The standard InChI is InChI=1S/C13H19N5O2S/c1-13(2,3)14-9-12-15-16-17-18(12)10-5-7-11(8-6-10)21(4,19)20/h5-8,14H,9H2,1-4H3. The fourth-order valence-corrected chi connectivity index (χ4v) is 2.33. The number of tetrazole rings is 1. The highest BCUT2D eigenvalue weighted by atomic mass is 32.2. The summed E-state index contributed by atoms with van der Waals surface area (Å²) in [5, 5.41) is 14.9. The molecule has 8 heteroatoms. The van der Waals surface area contributed by atoms with E-state index >= 15 is 0 Å². The van der Waals surface area contributed by atoms with Crippen LogP contribution in [-0.4, -0.2) is 40.4 Å². The summed E-state index contributed by atoms with van der Waals surface area (Å²) in [4.78, 5) is 0.272. The number of hydrogen-bond acceptors (Lipinski definition) is 6. The third-order valence-electron chi connectivity index (χ3n) is 2.82. The summed E-state index contributed by atoms with van der Waals surface area (Å²) in [6, 6.07) is 6.47. The molecular weight excluding hydrogens is 290 g/mol. The lowest BCUT2D eigenvalue weighted by atomic mass is 10.1. The Kier molecular flexibility index (Phi) is 4.11. The van der Waals surface area contributed by atoms with Crippen molar-refractivity contribution in [3.63, 3.8) is 0 Å². The Labute approximate surface area is 124 Å². The third kappa shape index (κ3) is 4.08. The number of benzene rings is 1. The maximum atomic E-state index is 11.5. The smallest absolute Gasteiger partial charge is 0.175 e. The number of aromatic nitrogens is 4. The molecule has 0 fully saturated rings. The van der Waals surface area contributed by atoms with Crippen molar-refractivity contribution in [1.82, 2.24) is 25.5 Å². The average molecular weight is 309 g/mol. The summed E-state index contributed by atoms with van der Waals surface area (Å²) < 4.78 is 24.5. The normalized spacial score (nSPS) is 12.6. The quantitative estimate of drug-likeness (QED) is 0.904. The van der Waals surface area contributed by atoms with Crippen LogP contribution in [0.25, 0.3) is 5.69 Å². The lowest BCUT2D eigenvalue weighted by Gasteiger charge is -2.19. The molecule has 0 aliphatic heterocycles. The van der Waals surface area contributed by atoms with E-state index in [2.05, 4.69) is 41.6 Å². The van der Waals surface area contributed by atoms with Crippen LogP contribution in [0.4, 0.5) is 0 Å². The summed E-state index contributed by atoms with van der Waals surface area (Å²) in [5.74, 6) is 0.664. The van der Waals surface area contributed by atoms with Crippen LogP contribution >= 0.6 is 0 Å². The van der Waals surface area contributed by atoms with Crippen LogP contribution < -0.4 is 5.32 Å². The molecule has 1 N–H and O–H groups in total. The molecule has 0 spiro atoms. The van der Waals surface area contributed by atoms with Gasteiger partial charge >= 0.3 is 0 Å². The van der Waals surface area contributed by atoms with Crippen LogP contribution in [0.3, 0.4) is 0 Å². The molecule has 0 amide bonds. The number of rotatable bonds is 4. The molecule has 0 aliphatic carbocycles. The Bertz CT molecular complexity index is 714. The fourth-order valence-electron chi connectivity index (χ4n) is 1.70. The van der Waals surface area contributed by atoms with Gasteiger partial charge in [-0.05, 0) is 55.5 Å². The molecule has 0 unspecified atom stereocenters. The molecule has 21 heavy (non-hydrogen) atoms. The minimum Gasteiger partial charge on any atom is -0.305 e. The molecule has 1 aromatic carbocycles. The van der Waals surface area contributed by atoms with Gasteiger partial charge in [-0.25, -0.2) is 8.42 Å². The Morgan fingerprint density at radius 2 is 1.81 bits per heavy atom. The van der Waals surface area contributed by atoms with Crippen molar-refractivity contribution in [3.8, 4) is 5.69 Å². The highest BCUT2D eigenvalue weighted by Gasteiger charge is 2.14. The van der Waals surface area contributed by atoms with E-state index in [-0.39, 0.29) is 10.4 Å². The minimum absolute atomic E-state index is 0.0447. The molecule has 0 atom stereocenters. The van der Waals surface area contributed by atoms with Gasteiger partial charge in [0.15, 0.2) is 15.7 Å². The van der Waals surface area contributed by atoms with E-state index < -0.39 is 9.84 Å². The zero-order chi connectivity index (χ0) is 15.7. The van der Waals surface area contributed by atoms with Crippen LogP contribution in [0, 0.1) is 0 Å². The van der Waals surface area contributed by atoms with Crippen molar-refractivity contribution >= 4 is 9.84 Å². The Morgan fingerprint density at radius 3 is 2.33 bits per heavy atom. The molecule has 1 aromatic heterocycles. The van der Waals surface area contributed by atoms with Gasteiger partial charge in [-0.2, -0.15) is 4.68 Å². The SMILES string of the molecule is CC(C)(C)NCc1nnnn1-c1ccc(S(C)(=O)=O)cc1. The van der Waals surface area contributed by atoms with Crippen molar-refractivity contribution in [2.24, 2.45) is 0 Å². The topological polar surface area (TPSA) is 89.8 Å². The van der Waals surface area contributed by atoms with Gasteiger partial charge in [0.25, 0.3) is 0 Å². The molecule has 7 nitrogen and oxygen atoms in total. The van der Waals surface area contributed by atoms with Crippen LogP contribution in [0.5, 0.6) is 0 Å². The van der Waals surface area contributed by atoms with Crippen molar-refractivity contribution in [1.29, 1.82) is 0 Å². The van der Waals surface area contributed by atoms with E-state index in [1.165, 1.54) is 6.26 Å². The second kappa shape index (κ2) is 5.53. The second-order valence-electron chi connectivity index (χ2n) is 5.88. The second-order valence-corrected chi connectivity index (χ2v) is 7.89. The summed E-state index contributed by atoms with van der Waals surface area (Å²) in [6.45, 7) is 6.69. The predicted molar refractivity (Wildman–Crippen MR) is 78.9 cm³/mol. The van der Waals surface area contributed by atoms with Crippen LogP contribution in [0.2, 0.25) is 0 Å². The first-order chi connectivity index (χ1) is 9.67. The number of hydrogen-bond donors (Lipinski definition) is 1. The van der Waals surface area contributed by atoms with Gasteiger partial charge in [-0.1, -0.05) is 0 Å². The number of nitrogens with zero attached hydrogens (tertiary/aromatic N) is 4. The third-order valence-corrected chi connectivity index (χ3v) is 3.95. The van der Waals surface area contributed by atoms with Gasteiger partial charge in [-0.3, -0.25) is 0 Å². The van der Waals surface area contributed by atoms with E-state index in [0.29, 0.717) is 12.4 Å². The summed E-state index contributed by atoms with van der Waals surface area (Å²) >= 11 is 0. The molecule has 114 valence electrons.